The molecule has 1 spiro atoms. The van der Waals surface area contributed by atoms with Crippen LogP contribution in [0.2, 0.25) is 0 Å². The van der Waals surface area contributed by atoms with Crippen LogP contribution in [0.15, 0.2) is 30.3 Å². The first-order chi connectivity index (χ1) is 16.3. The largest absolute Gasteiger partial charge is 0.494 e. The van der Waals surface area contributed by atoms with Gasteiger partial charge < -0.3 is 19.1 Å². The van der Waals surface area contributed by atoms with Gasteiger partial charge in [-0.15, -0.1) is 11.8 Å². The molecule has 0 N–H and O–H groups in total. The van der Waals surface area contributed by atoms with E-state index in [1.165, 1.54) is 11.8 Å². The fourth-order valence-corrected chi connectivity index (χ4v) is 7.31. The molecule has 2 amide bonds. The second-order valence-corrected chi connectivity index (χ2v) is 11.1. The molecule has 1 saturated heterocycles. The number of carbonyl (C=O) groups is 2. The molecule has 0 aliphatic carbocycles. The lowest BCUT2D eigenvalue weighted by Gasteiger charge is -2.44. The quantitative estimate of drug-likeness (QED) is 0.648. The zero-order chi connectivity index (χ0) is 23.8. The molecular formula is C26H28N2O5S. The molecule has 4 aliphatic heterocycles. The van der Waals surface area contributed by atoms with Gasteiger partial charge in [-0.1, -0.05) is 6.92 Å². The van der Waals surface area contributed by atoms with Gasteiger partial charge in [-0.05, 0) is 62.9 Å². The van der Waals surface area contributed by atoms with E-state index in [0.29, 0.717) is 37.0 Å². The highest BCUT2D eigenvalue weighted by Crippen LogP contribution is 2.62. The number of anilines is 2. The third kappa shape index (κ3) is 2.78. The summed E-state index contributed by atoms with van der Waals surface area (Å²) < 4.78 is 17.4. The summed E-state index contributed by atoms with van der Waals surface area (Å²) in [5, 5.41) is 0. The number of hydrogen-bond donors (Lipinski definition) is 0. The van der Waals surface area contributed by atoms with Crippen LogP contribution in [0.5, 0.6) is 17.2 Å². The number of amides is 2. The maximum absolute atomic E-state index is 14.4. The fraction of sp³-hybridized carbons (Fsp3) is 0.462. The summed E-state index contributed by atoms with van der Waals surface area (Å²) in [5.74, 6) is 2.28. The van der Waals surface area contributed by atoms with Gasteiger partial charge in [0.05, 0.1) is 18.0 Å². The van der Waals surface area contributed by atoms with Crippen molar-refractivity contribution in [3.8, 4) is 17.2 Å². The average Bonchev–Trinajstić information content (AvgIpc) is 3.28. The molecule has 34 heavy (non-hydrogen) atoms. The van der Waals surface area contributed by atoms with Gasteiger partial charge in [-0.3, -0.25) is 14.5 Å². The first-order valence-corrected chi connectivity index (χ1v) is 12.8. The van der Waals surface area contributed by atoms with Crippen LogP contribution in [-0.2, 0) is 14.5 Å². The van der Waals surface area contributed by atoms with Crippen molar-refractivity contribution in [2.45, 2.75) is 50.4 Å². The van der Waals surface area contributed by atoms with E-state index >= 15 is 0 Å². The number of nitrogens with zero attached hydrogens (tertiary/aromatic N) is 2. The third-order valence-electron chi connectivity index (χ3n) is 7.20. The van der Waals surface area contributed by atoms with Gasteiger partial charge >= 0.3 is 0 Å². The number of hydrogen-bond acceptors (Lipinski definition) is 6. The Kier molecular flexibility index (Phi) is 4.66. The molecule has 2 unspecified atom stereocenters. The Morgan fingerprint density at radius 2 is 1.85 bits per heavy atom. The first kappa shape index (κ1) is 21.6. The molecule has 2 aromatic carbocycles. The Morgan fingerprint density at radius 3 is 2.62 bits per heavy atom. The monoisotopic (exact) mass is 480 g/mol. The summed E-state index contributed by atoms with van der Waals surface area (Å²) in [7, 11) is 0. The van der Waals surface area contributed by atoms with Gasteiger partial charge in [0.2, 0.25) is 10.8 Å². The second-order valence-electron chi connectivity index (χ2n) is 9.89. The number of carbonyl (C=O) groups excluding carboxylic acids is 2. The standard InChI is InChI=1S/C26H28N2O5S/c1-5-31-17-11-18-15(2)13-25(3,4)28-23(18)19(12-17)26(24(28)30)27(22(29)14-34-26)16-6-7-20-21(10-16)33-9-8-32-20/h6-7,10-12,15H,5,8-9,13-14H2,1-4H3. The van der Waals surface area contributed by atoms with E-state index in [2.05, 4.69) is 26.8 Å². The third-order valence-corrected chi connectivity index (χ3v) is 8.59. The molecule has 8 heteroatoms. The van der Waals surface area contributed by atoms with Crippen molar-refractivity contribution in [3.05, 3.63) is 41.5 Å². The van der Waals surface area contributed by atoms with Crippen LogP contribution in [0.4, 0.5) is 11.4 Å². The molecule has 7 nitrogen and oxygen atoms in total. The zero-order valence-corrected chi connectivity index (χ0v) is 20.7. The molecule has 0 bridgehead atoms. The number of benzene rings is 2. The molecule has 2 aromatic rings. The van der Waals surface area contributed by atoms with E-state index in [9.17, 15) is 9.59 Å². The zero-order valence-electron chi connectivity index (χ0n) is 19.8. The van der Waals surface area contributed by atoms with Crippen molar-refractivity contribution in [2.24, 2.45) is 0 Å². The van der Waals surface area contributed by atoms with E-state index in [-0.39, 0.29) is 29.0 Å². The smallest absolute Gasteiger partial charge is 0.269 e. The minimum Gasteiger partial charge on any atom is -0.494 e. The summed E-state index contributed by atoms with van der Waals surface area (Å²) in [6, 6.07) is 9.51. The lowest BCUT2D eigenvalue weighted by Crippen LogP contribution is -2.56. The Hall–Kier alpha value is -2.87. The van der Waals surface area contributed by atoms with E-state index < -0.39 is 4.87 Å². The molecule has 6 rings (SSSR count). The van der Waals surface area contributed by atoms with Gasteiger partial charge in [-0.25, -0.2) is 0 Å². The lowest BCUT2D eigenvalue weighted by atomic mass is 9.80. The van der Waals surface area contributed by atoms with Crippen molar-refractivity contribution in [2.75, 3.05) is 35.4 Å². The minimum atomic E-state index is -1.18. The van der Waals surface area contributed by atoms with Crippen LogP contribution in [0, 0.1) is 0 Å². The SMILES string of the molecule is CCOc1cc2c3c(c1)C1(SCC(=O)N1c1ccc4c(c1)OCCO4)C(=O)N3C(C)(C)CC2C. The Labute approximate surface area is 203 Å². The highest BCUT2D eigenvalue weighted by molar-refractivity contribution is 8.02. The molecule has 178 valence electrons. The van der Waals surface area contributed by atoms with Gasteiger partial charge in [-0.2, -0.15) is 0 Å². The topological polar surface area (TPSA) is 68.3 Å². The van der Waals surface area contributed by atoms with Crippen molar-refractivity contribution >= 4 is 35.0 Å². The predicted octanol–water partition coefficient (Wildman–Crippen LogP) is 4.42. The Bertz CT molecular complexity index is 1230. The average molecular weight is 481 g/mol. The van der Waals surface area contributed by atoms with E-state index in [1.54, 1.807) is 4.90 Å². The summed E-state index contributed by atoms with van der Waals surface area (Å²) >= 11 is 1.39. The number of ether oxygens (including phenoxy) is 3. The molecule has 0 aromatic heterocycles. The molecular weight excluding hydrogens is 452 g/mol. The van der Waals surface area contributed by atoms with Gasteiger partial charge in [0.15, 0.2) is 11.5 Å². The van der Waals surface area contributed by atoms with Crippen LogP contribution in [-0.4, -0.2) is 42.9 Å². The van der Waals surface area contributed by atoms with Crippen molar-refractivity contribution in [1.29, 1.82) is 0 Å². The maximum Gasteiger partial charge on any atom is 0.269 e. The van der Waals surface area contributed by atoms with Crippen molar-refractivity contribution in [1.82, 2.24) is 0 Å². The normalized spacial score (nSPS) is 26.3. The maximum atomic E-state index is 14.4. The molecule has 2 atom stereocenters. The molecule has 4 aliphatic rings. The van der Waals surface area contributed by atoms with Crippen LogP contribution in [0.25, 0.3) is 0 Å². The number of rotatable bonds is 3. The van der Waals surface area contributed by atoms with Crippen LogP contribution >= 0.6 is 11.8 Å². The fourth-order valence-electron chi connectivity index (χ4n) is 5.98. The van der Waals surface area contributed by atoms with E-state index in [1.807, 2.05) is 36.1 Å². The van der Waals surface area contributed by atoms with E-state index in [0.717, 1.165) is 29.0 Å². The predicted molar refractivity (Wildman–Crippen MR) is 131 cm³/mol. The molecule has 0 saturated carbocycles. The van der Waals surface area contributed by atoms with Crippen LogP contribution in [0.3, 0.4) is 0 Å². The van der Waals surface area contributed by atoms with Crippen LogP contribution in [0.1, 0.15) is 51.2 Å². The summed E-state index contributed by atoms with van der Waals surface area (Å²) in [4.78, 5) is 30.3. The van der Waals surface area contributed by atoms with Crippen molar-refractivity contribution < 1.29 is 23.8 Å². The summed E-state index contributed by atoms with van der Waals surface area (Å²) in [6.45, 7) is 9.84. The van der Waals surface area contributed by atoms with Gasteiger partial charge in [0.25, 0.3) is 5.91 Å². The van der Waals surface area contributed by atoms with Gasteiger partial charge in [0.1, 0.15) is 19.0 Å². The Balaban J connectivity index is 1.59. The number of fused-ring (bicyclic) bond motifs is 2. The molecule has 4 heterocycles. The van der Waals surface area contributed by atoms with Crippen molar-refractivity contribution in [3.63, 3.8) is 0 Å². The summed E-state index contributed by atoms with van der Waals surface area (Å²) in [5.41, 5.74) is 3.13. The van der Waals surface area contributed by atoms with Gasteiger partial charge in [0, 0.05) is 22.9 Å². The highest BCUT2D eigenvalue weighted by atomic mass is 32.2. The molecule has 1 fully saturated rings. The van der Waals surface area contributed by atoms with Crippen LogP contribution < -0.4 is 24.0 Å². The highest BCUT2D eigenvalue weighted by Gasteiger charge is 2.64. The first-order valence-electron chi connectivity index (χ1n) is 11.8. The number of thioether (sulfide) groups is 1. The second kappa shape index (κ2) is 7.31. The Morgan fingerprint density at radius 1 is 1.09 bits per heavy atom. The summed E-state index contributed by atoms with van der Waals surface area (Å²) in [6.07, 6.45) is 0.833. The molecule has 0 radical (unpaired) electrons. The van der Waals surface area contributed by atoms with E-state index in [4.69, 9.17) is 14.2 Å². The minimum absolute atomic E-state index is 0.0694. The lowest BCUT2D eigenvalue weighted by molar-refractivity contribution is -0.124.